The number of hydrogen-bond acceptors (Lipinski definition) is 8. The van der Waals surface area contributed by atoms with Crippen molar-refractivity contribution in [2.45, 2.75) is 65.0 Å². The highest BCUT2D eigenvalue weighted by atomic mass is 16.5. The van der Waals surface area contributed by atoms with Crippen molar-refractivity contribution in [1.29, 1.82) is 0 Å². The maximum absolute atomic E-state index is 13.1. The van der Waals surface area contributed by atoms with Crippen molar-refractivity contribution >= 4 is 17.5 Å². The number of fused-ring (bicyclic) bond motifs is 2. The van der Waals surface area contributed by atoms with Crippen LogP contribution in [0.25, 0.3) is 0 Å². The van der Waals surface area contributed by atoms with Crippen LogP contribution in [0.5, 0.6) is 0 Å². The Kier molecular flexibility index (Phi) is 10.5. The Hall–Kier alpha value is -2.85. The molecule has 1 aliphatic carbocycles. The third kappa shape index (κ3) is 7.10. The molecular weight excluding hydrogens is 464 g/mol. The van der Waals surface area contributed by atoms with Gasteiger partial charge in [0, 0.05) is 37.4 Å². The topological polar surface area (TPSA) is 148 Å². The quantitative estimate of drug-likeness (QED) is 0.329. The molecule has 0 aromatic heterocycles. The van der Waals surface area contributed by atoms with E-state index in [9.17, 15) is 24.6 Å². The number of aliphatic hydroxyl groups is 2. The van der Waals surface area contributed by atoms with Crippen molar-refractivity contribution < 1.29 is 34.1 Å². The number of Topliss-reactive ketones (excluding diaryl/α,β-unsaturated/α-hetero) is 1. The molecule has 0 aromatic rings. The first kappa shape index (κ1) is 29.4. The summed E-state index contributed by atoms with van der Waals surface area (Å²) in [6, 6.07) is 0. The first-order valence-electron chi connectivity index (χ1n) is 12.0. The van der Waals surface area contributed by atoms with Crippen LogP contribution in [-0.2, 0) is 23.9 Å². The van der Waals surface area contributed by atoms with Gasteiger partial charge in [0.15, 0.2) is 0 Å². The normalized spacial score (nSPS) is 35.3. The highest BCUT2D eigenvalue weighted by molar-refractivity contribution is 6.23. The summed E-state index contributed by atoms with van der Waals surface area (Å²) in [5, 5.41) is 24.3. The third-order valence-corrected chi connectivity index (χ3v) is 6.62. The van der Waals surface area contributed by atoms with Gasteiger partial charge in [-0.15, -0.1) is 0 Å². The number of rotatable bonds is 2. The smallest absolute Gasteiger partial charge is 0.251 e. The number of carbonyl (C=O) groups excluding carboxylic acids is 3. The average molecular weight is 503 g/mol. The second kappa shape index (κ2) is 12.9. The van der Waals surface area contributed by atoms with Gasteiger partial charge in [-0.05, 0) is 38.2 Å². The maximum atomic E-state index is 13.1. The molecule has 6 atom stereocenters. The predicted molar refractivity (Wildman–Crippen MR) is 135 cm³/mol. The zero-order valence-electron chi connectivity index (χ0n) is 21.8. The summed E-state index contributed by atoms with van der Waals surface area (Å²) in [6.07, 6.45) is 4.89. The number of nitrogens with one attached hydrogen (secondary N) is 1. The summed E-state index contributed by atoms with van der Waals surface area (Å²) in [7, 11) is 2.95. The number of aliphatic hydroxyl groups excluding tert-OH is 2. The first-order chi connectivity index (χ1) is 16.9. The van der Waals surface area contributed by atoms with Crippen LogP contribution >= 0.6 is 0 Å². The molecule has 2 aliphatic rings. The van der Waals surface area contributed by atoms with Gasteiger partial charge in [0.05, 0.1) is 23.6 Å². The summed E-state index contributed by atoms with van der Waals surface area (Å²) >= 11 is 0. The van der Waals surface area contributed by atoms with E-state index in [1.807, 2.05) is 13.8 Å². The van der Waals surface area contributed by atoms with Gasteiger partial charge in [-0.2, -0.15) is 0 Å². The van der Waals surface area contributed by atoms with Gasteiger partial charge in [0.1, 0.15) is 12.2 Å². The minimum Gasteiger partial charge on any atom is -0.395 e. The largest absolute Gasteiger partial charge is 0.395 e. The Morgan fingerprint density at radius 3 is 2.36 bits per heavy atom. The van der Waals surface area contributed by atoms with Gasteiger partial charge < -0.3 is 30.7 Å². The number of allylic oxidation sites excluding steroid dienone is 4. The van der Waals surface area contributed by atoms with Crippen molar-refractivity contribution in [1.82, 2.24) is 5.32 Å². The number of methoxy groups -OCH3 is 2. The predicted octanol–water partition coefficient (Wildman–Crippen LogP) is 1.62. The fourth-order valence-corrected chi connectivity index (χ4v) is 4.34. The van der Waals surface area contributed by atoms with Crippen LogP contribution in [0.3, 0.4) is 0 Å². The van der Waals surface area contributed by atoms with Crippen molar-refractivity contribution in [2.75, 3.05) is 14.2 Å². The zero-order valence-corrected chi connectivity index (χ0v) is 21.8. The molecule has 0 radical (unpaired) electrons. The molecule has 5 N–H and O–H groups in total. The van der Waals surface area contributed by atoms with E-state index in [1.54, 1.807) is 32.1 Å². The first-order valence-corrected chi connectivity index (χ1v) is 12.0. The van der Waals surface area contributed by atoms with Gasteiger partial charge in [0.2, 0.25) is 11.6 Å². The Balaban J connectivity index is 2.50. The van der Waals surface area contributed by atoms with Gasteiger partial charge in [0.25, 0.3) is 5.91 Å². The second-order valence-electron chi connectivity index (χ2n) is 9.56. The summed E-state index contributed by atoms with van der Waals surface area (Å²) < 4.78 is 11.0. The molecule has 1 aliphatic heterocycles. The lowest BCUT2D eigenvalue weighted by molar-refractivity contribution is -0.120. The number of amides is 1. The van der Waals surface area contributed by atoms with Crippen molar-refractivity contribution in [2.24, 2.45) is 17.6 Å². The number of ketones is 2. The van der Waals surface area contributed by atoms with Crippen LogP contribution in [0, 0.1) is 11.8 Å². The summed E-state index contributed by atoms with van der Waals surface area (Å²) in [5.41, 5.74) is 6.69. The van der Waals surface area contributed by atoms with Crippen molar-refractivity contribution in [3.63, 3.8) is 0 Å². The second-order valence-corrected chi connectivity index (χ2v) is 9.56. The van der Waals surface area contributed by atoms with Crippen molar-refractivity contribution in [3.8, 4) is 0 Å². The van der Waals surface area contributed by atoms with Gasteiger partial charge >= 0.3 is 0 Å². The molecule has 2 bridgehead atoms. The monoisotopic (exact) mass is 502 g/mol. The summed E-state index contributed by atoms with van der Waals surface area (Å²) in [6.45, 7) is 7.00. The van der Waals surface area contributed by atoms with Crippen LogP contribution in [0.1, 0.15) is 40.5 Å². The lowest BCUT2D eigenvalue weighted by Gasteiger charge is -2.29. The van der Waals surface area contributed by atoms with Crippen LogP contribution in [0.2, 0.25) is 0 Å². The summed E-state index contributed by atoms with van der Waals surface area (Å²) in [5.74, 6) is -2.16. The number of nitrogens with two attached hydrogens (primary N) is 1. The molecule has 1 amide bonds. The molecule has 9 nitrogen and oxygen atoms in total. The Morgan fingerprint density at radius 2 is 1.75 bits per heavy atom. The molecule has 9 heteroatoms. The molecule has 0 saturated heterocycles. The lowest BCUT2D eigenvalue weighted by atomic mass is 9.85. The molecule has 0 saturated carbocycles. The fraction of sp³-hybridized carbons (Fsp3) is 0.519. The number of ether oxygens (including phenoxy) is 2. The Bertz CT molecular complexity index is 1020. The molecule has 1 heterocycles. The molecule has 198 valence electrons. The highest BCUT2D eigenvalue weighted by Crippen LogP contribution is 2.27. The van der Waals surface area contributed by atoms with Gasteiger partial charge in [-0.1, -0.05) is 38.2 Å². The molecule has 0 spiro atoms. The maximum Gasteiger partial charge on any atom is 0.251 e. The van der Waals surface area contributed by atoms with E-state index in [0.717, 1.165) is 6.08 Å². The van der Waals surface area contributed by atoms with E-state index in [2.05, 4.69) is 5.32 Å². The van der Waals surface area contributed by atoms with Crippen molar-refractivity contribution in [3.05, 3.63) is 58.5 Å². The molecule has 36 heavy (non-hydrogen) atoms. The Labute approximate surface area is 212 Å². The summed E-state index contributed by atoms with van der Waals surface area (Å²) in [4.78, 5) is 38.2. The molecule has 0 aromatic carbocycles. The van der Waals surface area contributed by atoms with Gasteiger partial charge in [-0.25, -0.2) is 0 Å². The average Bonchev–Trinajstić information content (AvgIpc) is 2.84. The van der Waals surface area contributed by atoms with E-state index in [1.165, 1.54) is 20.3 Å². The van der Waals surface area contributed by atoms with E-state index < -0.39 is 41.9 Å². The van der Waals surface area contributed by atoms with Crippen LogP contribution in [0.4, 0.5) is 0 Å². The van der Waals surface area contributed by atoms with Crippen LogP contribution < -0.4 is 11.1 Å². The number of hydrogen-bond donors (Lipinski definition) is 4. The minimum absolute atomic E-state index is 0.129. The SMILES string of the molecule is CO[C@H]1C[C@@H](C)CC2=C(N)C(=O)C=C(NC(=O)/C(C)=C\C=C\[C@@H](OC)[C@@H](O)/C(C)=C/[C@H](C)[C@H]1O)C2=O. The van der Waals surface area contributed by atoms with E-state index in [4.69, 9.17) is 15.2 Å². The molecule has 0 fully saturated rings. The lowest BCUT2D eigenvalue weighted by Crippen LogP contribution is -2.36. The highest BCUT2D eigenvalue weighted by Gasteiger charge is 2.32. The minimum atomic E-state index is -0.978. The molecule has 0 unspecified atom stereocenters. The third-order valence-electron chi connectivity index (χ3n) is 6.62. The molecule has 2 rings (SSSR count). The Morgan fingerprint density at radius 1 is 1.08 bits per heavy atom. The van der Waals surface area contributed by atoms with Crippen LogP contribution in [0.15, 0.2) is 58.5 Å². The van der Waals surface area contributed by atoms with E-state index >= 15 is 0 Å². The zero-order chi connectivity index (χ0) is 27.2. The van der Waals surface area contributed by atoms with Crippen LogP contribution in [-0.4, -0.2) is 66.3 Å². The van der Waals surface area contributed by atoms with E-state index in [-0.39, 0.29) is 40.8 Å². The molecular formula is C27H38N2O7. The van der Waals surface area contributed by atoms with Gasteiger partial charge in [-0.3, -0.25) is 14.4 Å². The standard InChI is InChI=1S/C27H38N2O7/c1-14-10-18-23(28)20(30)13-19(26(18)33)29-27(34)15(2)8-7-9-21(35-5)24(31)16(3)12-17(4)25(32)22(11-14)36-6/h7-9,12-14,17,21-22,24-25,31-32H,10-11,28H2,1-6H3,(H,29,34)/b9-7+,15-8-,16-12+/t14-,17-,21+,22-,24-,25+/m0/s1. The van der Waals surface area contributed by atoms with E-state index in [0.29, 0.717) is 12.0 Å². The number of carbonyl (C=O) groups is 3. The fourth-order valence-electron chi connectivity index (χ4n) is 4.34.